The lowest BCUT2D eigenvalue weighted by Crippen LogP contribution is -2.38. The number of aliphatic hydroxyl groups is 1. The Morgan fingerprint density at radius 2 is 2.14 bits per heavy atom. The van der Waals surface area contributed by atoms with Crippen molar-refractivity contribution >= 4 is 11.8 Å². The normalized spacial score (nSPS) is 9.67. The Balaban J connectivity index is 2.95. The second kappa shape index (κ2) is 8.02. The van der Waals surface area contributed by atoms with Crippen LogP contribution in [0, 0.1) is 17.7 Å². The number of nitrogens with two attached hydrogens (primary N) is 1. The standard InChI is InChI=1S/C15H17FN2O3/c1-2-18(10-14(17)20)15(21)12-7-6-11(13(16)9-12)5-3-4-8-19/h6-7,9,19H,2,4,8,10H2,1H3,(H2,17,20). The predicted octanol–water partition coefficient (Wildman–Crippen LogP) is 0.507. The van der Waals surface area contributed by atoms with Gasteiger partial charge in [0.25, 0.3) is 5.91 Å². The Labute approximate surface area is 122 Å². The molecule has 21 heavy (non-hydrogen) atoms. The van der Waals surface area contributed by atoms with Crippen LogP contribution >= 0.6 is 0 Å². The molecule has 0 atom stereocenters. The van der Waals surface area contributed by atoms with E-state index in [2.05, 4.69) is 11.8 Å². The molecule has 1 aromatic rings. The minimum absolute atomic E-state index is 0.0935. The summed E-state index contributed by atoms with van der Waals surface area (Å²) in [6, 6.07) is 3.91. The van der Waals surface area contributed by atoms with Crippen molar-refractivity contribution in [3.05, 3.63) is 35.1 Å². The quantitative estimate of drug-likeness (QED) is 0.775. The molecule has 3 N–H and O–H groups in total. The lowest BCUT2D eigenvalue weighted by atomic mass is 10.1. The summed E-state index contributed by atoms with van der Waals surface area (Å²) in [5, 5.41) is 8.61. The molecule has 0 bridgehead atoms. The fourth-order valence-corrected chi connectivity index (χ4v) is 1.66. The molecular formula is C15H17FN2O3. The van der Waals surface area contributed by atoms with Gasteiger partial charge in [-0.1, -0.05) is 11.8 Å². The van der Waals surface area contributed by atoms with E-state index in [4.69, 9.17) is 10.8 Å². The minimum atomic E-state index is -0.628. The highest BCUT2D eigenvalue weighted by Gasteiger charge is 2.17. The summed E-state index contributed by atoms with van der Waals surface area (Å²) in [5.74, 6) is 3.46. The first-order chi connectivity index (χ1) is 9.99. The molecule has 0 aliphatic rings. The van der Waals surface area contributed by atoms with Crippen LogP contribution in [0.15, 0.2) is 18.2 Å². The fraction of sp³-hybridized carbons (Fsp3) is 0.333. The average Bonchev–Trinajstić information content (AvgIpc) is 2.45. The van der Waals surface area contributed by atoms with Crippen LogP contribution < -0.4 is 5.73 Å². The smallest absolute Gasteiger partial charge is 0.254 e. The van der Waals surface area contributed by atoms with E-state index in [1.54, 1.807) is 6.92 Å². The number of nitrogens with zero attached hydrogens (tertiary/aromatic N) is 1. The van der Waals surface area contributed by atoms with E-state index >= 15 is 0 Å². The second-order valence-electron chi connectivity index (χ2n) is 4.26. The second-order valence-corrected chi connectivity index (χ2v) is 4.26. The predicted molar refractivity (Wildman–Crippen MR) is 75.8 cm³/mol. The minimum Gasteiger partial charge on any atom is -0.395 e. The van der Waals surface area contributed by atoms with Gasteiger partial charge in [-0.15, -0.1) is 0 Å². The summed E-state index contributed by atoms with van der Waals surface area (Å²) >= 11 is 0. The molecule has 0 aliphatic carbocycles. The number of amides is 2. The summed E-state index contributed by atoms with van der Waals surface area (Å²) in [7, 11) is 0. The molecule has 0 unspecified atom stereocenters. The Morgan fingerprint density at radius 1 is 1.43 bits per heavy atom. The first-order valence-electron chi connectivity index (χ1n) is 6.46. The summed E-state index contributed by atoms with van der Waals surface area (Å²) < 4.78 is 13.8. The molecule has 1 rings (SSSR count). The van der Waals surface area contributed by atoms with Crippen molar-refractivity contribution in [1.29, 1.82) is 0 Å². The van der Waals surface area contributed by atoms with E-state index in [9.17, 15) is 14.0 Å². The number of halogens is 1. The van der Waals surface area contributed by atoms with Crippen LogP contribution in [0.4, 0.5) is 4.39 Å². The van der Waals surface area contributed by atoms with Gasteiger partial charge in [0.1, 0.15) is 5.82 Å². The first kappa shape index (κ1) is 16.7. The van der Waals surface area contributed by atoms with E-state index in [-0.39, 0.29) is 30.7 Å². The van der Waals surface area contributed by atoms with Crippen molar-refractivity contribution in [2.75, 3.05) is 19.7 Å². The van der Waals surface area contributed by atoms with Crippen molar-refractivity contribution < 1.29 is 19.1 Å². The van der Waals surface area contributed by atoms with Crippen LogP contribution in [0.3, 0.4) is 0 Å². The molecule has 0 saturated carbocycles. The maximum Gasteiger partial charge on any atom is 0.254 e. The van der Waals surface area contributed by atoms with Crippen LogP contribution in [0.25, 0.3) is 0 Å². The van der Waals surface area contributed by atoms with Gasteiger partial charge in [0.2, 0.25) is 5.91 Å². The molecule has 0 fully saturated rings. The van der Waals surface area contributed by atoms with Gasteiger partial charge in [-0.05, 0) is 25.1 Å². The van der Waals surface area contributed by atoms with Gasteiger partial charge >= 0.3 is 0 Å². The highest BCUT2D eigenvalue weighted by Crippen LogP contribution is 2.12. The topological polar surface area (TPSA) is 83.6 Å². The first-order valence-corrected chi connectivity index (χ1v) is 6.46. The van der Waals surface area contributed by atoms with Crippen LogP contribution in [0.2, 0.25) is 0 Å². The molecule has 0 spiro atoms. The SMILES string of the molecule is CCN(CC(N)=O)C(=O)c1ccc(C#CCCO)c(F)c1. The third-order valence-electron chi connectivity index (χ3n) is 2.69. The van der Waals surface area contributed by atoms with Gasteiger partial charge in [0, 0.05) is 18.5 Å². The third kappa shape index (κ3) is 4.89. The van der Waals surface area contributed by atoms with Gasteiger partial charge in [-0.2, -0.15) is 0 Å². The van der Waals surface area contributed by atoms with Gasteiger partial charge in [-0.25, -0.2) is 4.39 Å². The molecule has 5 nitrogen and oxygen atoms in total. The molecule has 0 saturated heterocycles. The molecule has 6 heteroatoms. The highest BCUT2D eigenvalue weighted by molar-refractivity contribution is 5.96. The molecule has 0 aliphatic heterocycles. The van der Waals surface area contributed by atoms with Crippen LogP contribution in [0.5, 0.6) is 0 Å². The van der Waals surface area contributed by atoms with Crippen molar-refractivity contribution in [2.45, 2.75) is 13.3 Å². The average molecular weight is 292 g/mol. The molecule has 2 amide bonds. The number of hydrogen-bond donors (Lipinski definition) is 2. The number of aliphatic hydroxyl groups excluding tert-OH is 1. The Hall–Kier alpha value is -2.39. The Bertz CT molecular complexity index is 590. The summed E-state index contributed by atoms with van der Waals surface area (Å²) in [5.41, 5.74) is 5.34. The number of likely N-dealkylation sites (N-methyl/N-ethyl adjacent to an activating group) is 1. The van der Waals surface area contributed by atoms with Gasteiger partial charge in [0.15, 0.2) is 0 Å². The van der Waals surface area contributed by atoms with Gasteiger partial charge < -0.3 is 15.7 Å². The fourth-order valence-electron chi connectivity index (χ4n) is 1.66. The molecule has 0 aromatic heterocycles. The number of benzene rings is 1. The molecular weight excluding hydrogens is 275 g/mol. The summed E-state index contributed by atoms with van der Waals surface area (Å²) in [6.07, 6.45) is 0.252. The van der Waals surface area contributed by atoms with E-state index in [1.807, 2.05) is 0 Å². The van der Waals surface area contributed by atoms with E-state index in [1.165, 1.54) is 17.0 Å². The number of hydrogen-bond acceptors (Lipinski definition) is 3. The monoisotopic (exact) mass is 292 g/mol. The van der Waals surface area contributed by atoms with Crippen LogP contribution in [-0.2, 0) is 4.79 Å². The zero-order valence-corrected chi connectivity index (χ0v) is 11.7. The molecule has 0 heterocycles. The van der Waals surface area contributed by atoms with Crippen molar-refractivity contribution in [1.82, 2.24) is 4.90 Å². The third-order valence-corrected chi connectivity index (χ3v) is 2.69. The zero-order valence-electron chi connectivity index (χ0n) is 11.7. The van der Waals surface area contributed by atoms with Gasteiger partial charge in [-0.3, -0.25) is 9.59 Å². The number of carbonyl (C=O) groups is 2. The number of primary amides is 1. The number of carbonyl (C=O) groups excluding carboxylic acids is 2. The van der Waals surface area contributed by atoms with Crippen LogP contribution in [0.1, 0.15) is 29.3 Å². The van der Waals surface area contributed by atoms with Crippen molar-refractivity contribution in [2.24, 2.45) is 5.73 Å². The molecule has 0 radical (unpaired) electrons. The van der Waals surface area contributed by atoms with Crippen molar-refractivity contribution in [3.8, 4) is 11.8 Å². The largest absolute Gasteiger partial charge is 0.395 e. The van der Waals surface area contributed by atoms with Gasteiger partial charge in [0.05, 0.1) is 18.7 Å². The lowest BCUT2D eigenvalue weighted by Gasteiger charge is -2.19. The highest BCUT2D eigenvalue weighted by atomic mass is 19.1. The summed E-state index contributed by atoms with van der Waals surface area (Å²) in [4.78, 5) is 24.2. The lowest BCUT2D eigenvalue weighted by molar-refractivity contribution is -0.118. The van der Waals surface area contributed by atoms with Crippen molar-refractivity contribution in [3.63, 3.8) is 0 Å². The number of rotatable bonds is 5. The maximum atomic E-state index is 13.8. The zero-order chi connectivity index (χ0) is 15.8. The molecule has 112 valence electrons. The van der Waals surface area contributed by atoms with E-state index in [0.717, 1.165) is 6.07 Å². The Morgan fingerprint density at radius 3 is 2.67 bits per heavy atom. The van der Waals surface area contributed by atoms with Crippen LogP contribution in [-0.4, -0.2) is 41.5 Å². The molecule has 1 aromatic carbocycles. The maximum absolute atomic E-state index is 13.8. The Kier molecular flexibility index (Phi) is 6.37. The van der Waals surface area contributed by atoms with E-state index in [0.29, 0.717) is 6.54 Å². The van der Waals surface area contributed by atoms with E-state index < -0.39 is 17.6 Å². The summed E-state index contributed by atoms with van der Waals surface area (Å²) in [6.45, 7) is 1.69.